The van der Waals surface area contributed by atoms with Crippen LogP contribution < -0.4 is 14.8 Å². The standard InChI is InChI=1S/C24H33Cl2NO2/c1-3-5-6-7-8-9-15-27-17-19-11-10-12-23(28-4-2)24(19)29-18-20-13-14-21(25)16-22(20)26/h10-14,16,27H,3-9,15,17-18H2,1-2H3. The molecule has 5 heteroatoms. The molecule has 0 atom stereocenters. The van der Waals surface area contributed by atoms with Crippen LogP contribution in [0.2, 0.25) is 10.0 Å². The Hall–Kier alpha value is -1.42. The minimum atomic E-state index is 0.366. The molecule has 0 aliphatic rings. The number of ether oxygens (including phenoxy) is 2. The van der Waals surface area contributed by atoms with E-state index in [-0.39, 0.29) is 0 Å². The van der Waals surface area contributed by atoms with E-state index in [1.165, 1.54) is 38.5 Å². The van der Waals surface area contributed by atoms with Crippen molar-refractivity contribution in [1.82, 2.24) is 5.32 Å². The van der Waals surface area contributed by atoms with Crippen molar-refractivity contribution in [3.05, 3.63) is 57.6 Å². The number of unbranched alkanes of at least 4 members (excludes halogenated alkanes) is 5. The zero-order valence-electron chi connectivity index (χ0n) is 17.6. The summed E-state index contributed by atoms with van der Waals surface area (Å²) >= 11 is 12.3. The molecule has 2 aromatic carbocycles. The highest BCUT2D eigenvalue weighted by Crippen LogP contribution is 2.33. The average Bonchev–Trinajstić information content (AvgIpc) is 2.70. The van der Waals surface area contributed by atoms with E-state index in [0.717, 1.165) is 35.7 Å². The molecule has 2 aromatic rings. The fraction of sp³-hybridized carbons (Fsp3) is 0.500. The van der Waals surface area contributed by atoms with Gasteiger partial charge in [0.15, 0.2) is 11.5 Å². The molecular weight excluding hydrogens is 405 g/mol. The van der Waals surface area contributed by atoms with Crippen LogP contribution in [0.1, 0.15) is 63.5 Å². The molecule has 0 aromatic heterocycles. The third-order valence-electron chi connectivity index (χ3n) is 4.77. The summed E-state index contributed by atoms with van der Waals surface area (Å²) in [5, 5.41) is 4.76. The lowest BCUT2D eigenvalue weighted by Crippen LogP contribution is -2.16. The van der Waals surface area contributed by atoms with Crippen LogP contribution in [0.3, 0.4) is 0 Å². The second-order valence-corrected chi connectivity index (χ2v) is 7.99. The van der Waals surface area contributed by atoms with Crippen molar-refractivity contribution >= 4 is 23.2 Å². The fourth-order valence-electron chi connectivity index (χ4n) is 3.18. The molecule has 0 heterocycles. The van der Waals surface area contributed by atoms with E-state index in [1.54, 1.807) is 6.07 Å². The van der Waals surface area contributed by atoms with Crippen molar-refractivity contribution in [2.24, 2.45) is 0 Å². The summed E-state index contributed by atoms with van der Waals surface area (Å²) < 4.78 is 11.9. The van der Waals surface area contributed by atoms with Gasteiger partial charge in [0, 0.05) is 27.7 Å². The van der Waals surface area contributed by atoms with Crippen molar-refractivity contribution in [2.75, 3.05) is 13.2 Å². The van der Waals surface area contributed by atoms with Crippen LogP contribution in [0, 0.1) is 0 Å². The minimum absolute atomic E-state index is 0.366. The molecule has 2 rings (SSSR count). The molecule has 0 saturated heterocycles. The lowest BCUT2D eigenvalue weighted by molar-refractivity contribution is 0.266. The van der Waals surface area contributed by atoms with Gasteiger partial charge in [-0.1, -0.05) is 80.4 Å². The van der Waals surface area contributed by atoms with Crippen molar-refractivity contribution in [3.8, 4) is 11.5 Å². The Bertz CT molecular complexity index is 737. The van der Waals surface area contributed by atoms with Crippen LogP contribution in [-0.2, 0) is 13.2 Å². The van der Waals surface area contributed by atoms with Crippen molar-refractivity contribution in [3.63, 3.8) is 0 Å². The van der Waals surface area contributed by atoms with Crippen molar-refractivity contribution in [1.29, 1.82) is 0 Å². The maximum Gasteiger partial charge on any atom is 0.166 e. The summed E-state index contributed by atoms with van der Waals surface area (Å²) in [6, 6.07) is 11.5. The Labute approximate surface area is 185 Å². The molecule has 0 fully saturated rings. The Morgan fingerprint density at radius 3 is 2.41 bits per heavy atom. The first-order valence-electron chi connectivity index (χ1n) is 10.7. The van der Waals surface area contributed by atoms with E-state index in [1.807, 2.05) is 31.2 Å². The van der Waals surface area contributed by atoms with Crippen LogP contribution in [0.4, 0.5) is 0 Å². The monoisotopic (exact) mass is 437 g/mol. The lowest BCUT2D eigenvalue weighted by atomic mass is 10.1. The van der Waals surface area contributed by atoms with E-state index in [4.69, 9.17) is 32.7 Å². The van der Waals surface area contributed by atoms with Crippen LogP contribution in [0.5, 0.6) is 11.5 Å². The number of hydrogen-bond donors (Lipinski definition) is 1. The Kier molecular flexibility index (Phi) is 11.3. The largest absolute Gasteiger partial charge is 0.490 e. The average molecular weight is 438 g/mol. The first-order chi connectivity index (χ1) is 14.2. The Balaban J connectivity index is 1.94. The normalized spacial score (nSPS) is 10.9. The molecule has 1 N–H and O–H groups in total. The quantitative estimate of drug-likeness (QED) is 0.311. The van der Waals surface area contributed by atoms with Gasteiger partial charge in [0.05, 0.1) is 6.61 Å². The van der Waals surface area contributed by atoms with Gasteiger partial charge in [-0.25, -0.2) is 0 Å². The molecule has 0 aliphatic heterocycles. The van der Waals surface area contributed by atoms with Gasteiger partial charge in [0.1, 0.15) is 6.61 Å². The number of nitrogens with one attached hydrogen (secondary N) is 1. The topological polar surface area (TPSA) is 30.5 Å². The van der Waals surface area contributed by atoms with Gasteiger partial charge < -0.3 is 14.8 Å². The number of benzene rings is 2. The molecule has 0 amide bonds. The first kappa shape index (κ1) is 23.9. The summed E-state index contributed by atoms with van der Waals surface area (Å²) in [6.45, 7) is 6.94. The van der Waals surface area contributed by atoms with Crippen LogP contribution in [0.25, 0.3) is 0 Å². The van der Waals surface area contributed by atoms with E-state index in [9.17, 15) is 0 Å². The van der Waals surface area contributed by atoms with Crippen molar-refractivity contribution in [2.45, 2.75) is 65.5 Å². The summed E-state index contributed by atoms with van der Waals surface area (Å²) in [6.07, 6.45) is 7.79. The number of halogens is 2. The Morgan fingerprint density at radius 1 is 0.862 bits per heavy atom. The smallest absolute Gasteiger partial charge is 0.166 e. The number of para-hydroxylation sites is 1. The first-order valence-corrected chi connectivity index (χ1v) is 11.4. The van der Waals surface area contributed by atoms with Gasteiger partial charge in [-0.05, 0) is 38.1 Å². The molecule has 0 bridgehead atoms. The van der Waals surface area contributed by atoms with Crippen LogP contribution in [0.15, 0.2) is 36.4 Å². The number of rotatable bonds is 14. The third kappa shape index (κ3) is 8.46. The molecule has 0 spiro atoms. The van der Waals surface area contributed by atoms with Crippen LogP contribution in [-0.4, -0.2) is 13.2 Å². The third-order valence-corrected chi connectivity index (χ3v) is 5.36. The van der Waals surface area contributed by atoms with Crippen molar-refractivity contribution < 1.29 is 9.47 Å². The SMILES string of the molecule is CCCCCCCCNCc1cccc(OCC)c1OCc1ccc(Cl)cc1Cl. The zero-order chi connectivity index (χ0) is 20.9. The maximum atomic E-state index is 6.29. The van der Waals surface area contributed by atoms with Gasteiger partial charge in [-0.2, -0.15) is 0 Å². The molecule has 0 radical (unpaired) electrons. The molecule has 160 valence electrons. The summed E-state index contributed by atoms with van der Waals surface area (Å²) in [7, 11) is 0. The van der Waals surface area contributed by atoms with Gasteiger partial charge in [-0.15, -0.1) is 0 Å². The zero-order valence-corrected chi connectivity index (χ0v) is 19.1. The van der Waals surface area contributed by atoms with Gasteiger partial charge in [0.25, 0.3) is 0 Å². The highest BCUT2D eigenvalue weighted by Gasteiger charge is 2.12. The molecule has 0 aliphatic carbocycles. The van der Waals surface area contributed by atoms with Crippen LogP contribution >= 0.6 is 23.2 Å². The summed E-state index contributed by atoms with van der Waals surface area (Å²) in [5.41, 5.74) is 1.99. The minimum Gasteiger partial charge on any atom is -0.490 e. The second-order valence-electron chi connectivity index (χ2n) is 7.15. The fourth-order valence-corrected chi connectivity index (χ4v) is 3.64. The van der Waals surface area contributed by atoms with Gasteiger partial charge in [0.2, 0.25) is 0 Å². The summed E-state index contributed by atoms with van der Waals surface area (Å²) in [5.74, 6) is 1.53. The predicted molar refractivity (Wildman–Crippen MR) is 123 cm³/mol. The maximum absolute atomic E-state index is 6.29. The molecule has 3 nitrogen and oxygen atoms in total. The highest BCUT2D eigenvalue weighted by molar-refractivity contribution is 6.35. The lowest BCUT2D eigenvalue weighted by Gasteiger charge is -2.17. The highest BCUT2D eigenvalue weighted by atomic mass is 35.5. The Morgan fingerprint density at radius 2 is 1.66 bits per heavy atom. The van der Waals surface area contributed by atoms with E-state index >= 15 is 0 Å². The van der Waals surface area contributed by atoms with E-state index in [2.05, 4.69) is 18.3 Å². The van der Waals surface area contributed by atoms with E-state index < -0.39 is 0 Å². The molecule has 0 saturated carbocycles. The summed E-state index contributed by atoms with van der Waals surface area (Å²) in [4.78, 5) is 0. The predicted octanol–water partition coefficient (Wildman–Crippen LogP) is 7.42. The molecule has 0 unspecified atom stereocenters. The second kappa shape index (κ2) is 13.7. The van der Waals surface area contributed by atoms with Gasteiger partial charge >= 0.3 is 0 Å². The molecular formula is C24H33Cl2NO2. The van der Waals surface area contributed by atoms with Gasteiger partial charge in [-0.3, -0.25) is 0 Å². The number of hydrogen-bond acceptors (Lipinski definition) is 3. The molecule has 29 heavy (non-hydrogen) atoms. The van der Waals surface area contributed by atoms with E-state index in [0.29, 0.717) is 23.3 Å².